The fourth-order valence-corrected chi connectivity index (χ4v) is 2.93. The molecule has 0 bridgehead atoms. The monoisotopic (exact) mass is 304 g/mol. The van der Waals surface area contributed by atoms with E-state index in [1.165, 1.54) is 0 Å². The predicted molar refractivity (Wildman–Crippen MR) is 74.7 cm³/mol. The summed E-state index contributed by atoms with van der Waals surface area (Å²) in [6.07, 6.45) is 6.08. The SMILES string of the molecule is CSC1CCCC(NC(=O)NC(=O)COCC(=O)O)C1. The van der Waals surface area contributed by atoms with Crippen LogP contribution < -0.4 is 10.6 Å². The third-order valence-electron chi connectivity index (χ3n) is 3.01. The van der Waals surface area contributed by atoms with Crippen LogP contribution in [0.25, 0.3) is 0 Å². The van der Waals surface area contributed by atoms with Gasteiger partial charge in [0.2, 0.25) is 0 Å². The van der Waals surface area contributed by atoms with Crippen molar-refractivity contribution in [2.45, 2.75) is 37.0 Å². The Morgan fingerprint density at radius 2 is 2.05 bits per heavy atom. The number of hydrogen-bond donors (Lipinski definition) is 3. The first-order chi connectivity index (χ1) is 9.51. The fourth-order valence-electron chi connectivity index (χ4n) is 2.11. The molecule has 3 amide bonds. The molecule has 7 nitrogen and oxygen atoms in total. The summed E-state index contributed by atoms with van der Waals surface area (Å²) in [6, 6.07) is -0.477. The molecule has 0 heterocycles. The van der Waals surface area contributed by atoms with Crippen LogP contribution in [-0.4, -0.2) is 53.8 Å². The van der Waals surface area contributed by atoms with E-state index in [0.29, 0.717) is 5.25 Å². The van der Waals surface area contributed by atoms with E-state index in [9.17, 15) is 14.4 Å². The zero-order chi connectivity index (χ0) is 15.0. The molecule has 1 aliphatic rings. The number of ether oxygens (including phenoxy) is 1. The lowest BCUT2D eigenvalue weighted by Gasteiger charge is -2.28. The zero-order valence-corrected chi connectivity index (χ0v) is 12.2. The van der Waals surface area contributed by atoms with E-state index in [0.717, 1.165) is 25.7 Å². The quantitative estimate of drug-likeness (QED) is 0.663. The van der Waals surface area contributed by atoms with Crippen LogP contribution in [0, 0.1) is 0 Å². The van der Waals surface area contributed by atoms with Gasteiger partial charge in [-0.3, -0.25) is 10.1 Å². The summed E-state index contributed by atoms with van der Waals surface area (Å²) in [7, 11) is 0. The number of aliphatic carboxylic acids is 1. The van der Waals surface area contributed by atoms with Gasteiger partial charge in [0, 0.05) is 11.3 Å². The van der Waals surface area contributed by atoms with E-state index in [1.54, 1.807) is 11.8 Å². The van der Waals surface area contributed by atoms with Crippen LogP contribution in [-0.2, 0) is 14.3 Å². The van der Waals surface area contributed by atoms with Crippen LogP contribution in [0.15, 0.2) is 0 Å². The first-order valence-electron chi connectivity index (χ1n) is 6.44. The van der Waals surface area contributed by atoms with Crippen LogP contribution in [0.2, 0.25) is 0 Å². The number of thioether (sulfide) groups is 1. The molecule has 0 aromatic rings. The molecular formula is C12H20N2O5S. The third-order valence-corrected chi connectivity index (χ3v) is 4.10. The highest BCUT2D eigenvalue weighted by Gasteiger charge is 2.23. The third kappa shape index (κ3) is 6.76. The molecule has 1 saturated carbocycles. The van der Waals surface area contributed by atoms with Crippen molar-refractivity contribution in [3.05, 3.63) is 0 Å². The number of carboxylic acids is 1. The Morgan fingerprint density at radius 3 is 2.70 bits per heavy atom. The molecule has 0 aliphatic heterocycles. The average molecular weight is 304 g/mol. The van der Waals surface area contributed by atoms with E-state index < -0.39 is 31.1 Å². The van der Waals surface area contributed by atoms with Gasteiger partial charge in [0.05, 0.1) is 0 Å². The molecular weight excluding hydrogens is 284 g/mol. The Bertz CT molecular complexity index is 364. The van der Waals surface area contributed by atoms with Gasteiger partial charge in [-0.25, -0.2) is 9.59 Å². The first kappa shape index (κ1) is 16.8. The Labute approximate surface area is 121 Å². The van der Waals surface area contributed by atoms with Crippen molar-refractivity contribution in [1.82, 2.24) is 10.6 Å². The molecule has 1 rings (SSSR count). The van der Waals surface area contributed by atoms with Gasteiger partial charge in [0.25, 0.3) is 5.91 Å². The van der Waals surface area contributed by atoms with Gasteiger partial charge in [-0.05, 0) is 25.5 Å². The second kappa shape index (κ2) is 8.80. The smallest absolute Gasteiger partial charge is 0.329 e. The lowest BCUT2D eigenvalue weighted by molar-refractivity contribution is -0.143. The maximum atomic E-state index is 11.6. The summed E-state index contributed by atoms with van der Waals surface area (Å²) in [4.78, 5) is 33.1. The molecule has 0 aromatic carbocycles. The minimum absolute atomic E-state index is 0.0777. The molecule has 0 spiro atoms. The number of rotatable bonds is 6. The van der Waals surface area contributed by atoms with E-state index in [-0.39, 0.29) is 6.04 Å². The van der Waals surface area contributed by atoms with Gasteiger partial charge < -0.3 is 15.2 Å². The van der Waals surface area contributed by atoms with Gasteiger partial charge in [-0.15, -0.1) is 0 Å². The van der Waals surface area contributed by atoms with E-state index in [4.69, 9.17) is 5.11 Å². The highest BCUT2D eigenvalue weighted by molar-refractivity contribution is 7.99. The number of hydrogen-bond acceptors (Lipinski definition) is 5. The number of carbonyl (C=O) groups is 3. The number of amides is 3. The molecule has 114 valence electrons. The maximum Gasteiger partial charge on any atom is 0.329 e. The minimum atomic E-state index is -1.16. The van der Waals surface area contributed by atoms with E-state index >= 15 is 0 Å². The van der Waals surface area contributed by atoms with Gasteiger partial charge in [0.1, 0.15) is 13.2 Å². The summed E-state index contributed by atoms with van der Waals surface area (Å²) in [5.41, 5.74) is 0. The standard InChI is InChI=1S/C12H20N2O5S/c1-20-9-4-2-3-8(5-9)13-12(18)14-10(15)6-19-7-11(16)17/h8-9H,2-7H2,1H3,(H,16,17)(H2,13,14,15,18). The number of imide groups is 1. The Balaban J connectivity index is 2.21. The van der Waals surface area contributed by atoms with Crippen LogP contribution in [0.1, 0.15) is 25.7 Å². The zero-order valence-electron chi connectivity index (χ0n) is 11.4. The topological polar surface area (TPSA) is 105 Å². The van der Waals surface area contributed by atoms with Crippen LogP contribution in [0.4, 0.5) is 4.79 Å². The second-order valence-electron chi connectivity index (χ2n) is 4.63. The lowest BCUT2D eigenvalue weighted by atomic mass is 9.95. The van der Waals surface area contributed by atoms with Crippen LogP contribution in [0.3, 0.4) is 0 Å². The molecule has 1 aliphatic carbocycles. The van der Waals surface area contributed by atoms with Crippen molar-refractivity contribution in [1.29, 1.82) is 0 Å². The molecule has 2 unspecified atom stereocenters. The van der Waals surface area contributed by atoms with Gasteiger partial charge in [0.15, 0.2) is 0 Å². The summed E-state index contributed by atoms with van der Waals surface area (Å²) in [5, 5.41) is 13.8. The molecule has 3 N–H and O–H groups in total. The molecule has 0 saturated heterocycles. The summed E-state index contributed by atoms with van der Waals surface area (Å²) < 4.78 is 4.59. The van der Waals surface area contributed by atoms with Gasteiger partial charge in [-0.1, -0.05) is 6.42 Å². The summed E-state index contributed by atoms with van der Waals surface area (Å²) in [5.74, 6) is -1.81. The number of carboxylic acid groups (broad SMARTS) is 1. The highest BCUT2D eigenvalue weighted by Crippen LogP contribution is 2.26. The normalized spacial score (nSPS) is 22.1. The molecule has 8 heteroatoms. The predicted octanol–water partition coefficient (Wildman–Crippen LogP) is 0.588. The highest BCUT2D eigenvalue weighted by atomic mass is 32.2. The minimum Gasteiger partial charge on any atom is -0.480 e. The van der Waals surface area contributed by atoms with Gasteiger partial charge in [-0.2, -0.15) is 11.8 Å². The van der Waals surface area contributed by atoms with Crippen molar-refractivity contribution in [2.75, 3.05) is 19.5 Å². The van der Waals surface area contributed by atoms with Crippen molar-refractivity contribution in [3.8, 4) is 0 Å². The van der Waals surface area contributed by atoms with Gasteiger partial charge >= 0.3 is 12.0 Å². The van der Waals surface area contributed by atoms with E-state index in [1.807, 2.05) is 0 Å². The Morgan fingerprint density at radius 1 is 1.30 bits per heavy atom. The summed E-state index contributed by atoms with van der Waals surface area (Å²) in [6.45, 7) is -1.01. The maximum absolute atomic E-state index is 11.6. The Hall–Kier alpha value is -1.28. The molecule has 2 atom stereocenters. The number of carbonyl (C=O) groups excluding carboxylic acids is 2. The van der Waals surface area contributed by atoms with Crippen molar-refractivity contribution < 1.29 is 24.2 Å². The lowest BCUT2D eigenvalue weighted by Crippen LogP contribution is -2.47. The molecule has 20 heavy (non-hydrogen) atoms. The first-order valence-corrected chi connectivity index (χ1v) is 7.72. The molecule has 1 fully saturated rings. The van der Waals surface area contributed by atoms with E-state index in [2.05, 4.69) is 21.6 Å². The molecule has 0 aromatic heterocycles. The number of nitrogens with one attached hydrogen (secondary N) is 2. The van der Waals surface area contributed by atoms with Crippen LogP contribution >= 0.6 is 11.8 Å². The second-order valence-corrected chi connectivity index (χ2v) is 5.77. The van der Waals surface area contributed by atoms with Crippen molar-refractivity contribution >= 4 is 29.7 Å². The Kier molecular flexibility index (Phi) is 7.38. The molecule has 0 radical (unpaired) electrons. The number of urea groups is 1. The average Bonchev–Trinajstić information content (AvgIpc) is 2.38. The summed E-state index contributed by atoms with van der Waals surface area (Å²) >= 11 is 1.79. The largest absolute Gasteiger partial charge is 0.480 e. The van der Waals surface area contributed by atoms with Crippen molar-refractivity contribution in [3.63, 3.8) is 0 Å². The van der Waals surface area contributed by atoms with Crippen LogP contribution in [0.5, 0.6) is 0 Å². The fraction of sp³-hybridized carbons (Fsp3) is 0.750. The van der Waals surface area contributed by atoms with Crippen molar-refractivity contribution in [2.24, 2.45) is 0 Å².